The van der Waals surface area contributed by atoms with Gasteiger partial charge in [0.2, 0.25) is 0 Å². The molecule has 1 saturated carbocycles. The molecule has 0 amide bonds. The van der Waals surface area contributed by atoms with Gasteiger partial charge in [0.15, 0.2) is 0 Å². The maximum atomic E-state index is 13.5. The van der Waals surface area contributed by atoms with E-state index in [0.717, 1.165) is 25.0 Å². The van der Waals surface area contributed by atoms with Gasteiger partial charge in [0.1, 0.15) is 11.6 Å². The maximum absolute atomic E-state index is 13.5. The van der Waals surface area contributed by atoms with Crippen LogP contribution in [0.5, 0.6) is 0 Å². The van der Waals surface area contributed by atoms with E-state index < -0.39 is 23.8 Å². The Labute approximate surface area is 97.0 Å². The molecule has 0 unspecified atom stereocenters. The monoisotopic (exact) mass is 247 g/mol. The van der Waals surface area contributed by atoms with Crippen LogP contribution in [0.4, 0.5) is 8.78 Å². The lowest BCUT2D eigenvalue weighted by atomic mass is 9.98. The number of rotatable bonds is 3. The minimum Gasteiger partial charge on any atom is -0.391 e. The van der Waals surface area contributed by atoms with Crippen molar-refractivity contribution < 1.29 is 13.9 Å². The summed E-state index contributed by atoms with van der Waals surface area (Å²) in [7, 11) is 0. The topological polar surface area (TPSA) is 46.2 Å². The molecule has 1 aromatic carbocycles. The lowest BCUT2D eigenvalue weighted by molar-refractivity contribution is 0.121. The van der Waals surface area contributed by atoms with Crippen LogP contribution in [0.1, 0.15) is 24.4 Å². The summed E-state index contributed by atoms with van der Waals surface area (Å²) >= 11 is 5.66. The highest BCUT2D eigenvalue weighted by Gasteiger charge is 2.36. The van der Waals surface area contributed by atoms with Gasteiger partial charge < -0.3 is 10.8 Å². The number of aliphatic hydroxyl groups is 1. The van der Waals surface area contributed by atoms with E-state index in [0.29, 0.717) is 0 Å². The van der Waals surface area contributed by atoms with Crippen LogP contribution in [0.25, 0.3) is 0 Å². The van der Waals surface area contributed by atoms with Gasteiger partial charge in [-0.2, -0.15) is 0 Å². The minimum absolute atomic E-state index is 0.0775. The number of hydrogen-bond acceptors (Lipinski definition) is 2. The fourth-order valence-corrected chi connectivity index (χ4v) is 2.03. The molecule has 1 aromatic rings. The Kier molecular flexibility index (Phi) is 3.15. The summed E-state index contributed by atoms with van der Waals surface area (Å²) in [6.07, 6.45) is 0.862. The van der Waals surface area contributed by atoms with Crippen LogP contribution in [-0.4, -0.2) is 11.2 Å². The first-order valence-electron chi connectivity index (χ1n) is 5.09. The molecule has 1 fully saturated rings. The van der Waals surface area contributed by atoms with Crippen molar-refractivity contribution in [1.82, 2.24) is 0 Å². The van der Waals surface area contributed by atoms with Crippen LogP contribution in [0.2, 0.25) is 5.02 Å². The first-order valence-corrected chi connectivity index (χ1v) is 5.47. The van der Waals surface area contributed by atoms with E-state index in [-0.39, 0.29) is 16.5 Å². The SMILES string of the molecule is N[C@@H](c1c(F)ccc(F)c1Cl)[C@H](O)C1CC1. The third kappa shape index (κ3) is 2.05. The highest BCUT2D eigenvalue weighted by atomic mass is 35.5. The van der Waals surface area contributed by atoms with Gasteiger partial charge in [0.05, 0.1) is 17.2 Å². The van der Waals surface area contributed by atoms with E-state index in [1.807, 2.05) is 0 Å². The molecule has 0 saturated heterocycles. The average Bonchev–Trinajstić information content (AvgIpc) is 3.06. The van der Waals surface area contributed by atoms with Crippen molar-refractivity contribution in [3.63, 3.8) is 0 Å². The second-order valence-corrected chi connectivity index (χ2v) is 4.49. The third-order valence-corrected chi connectivity index (χ3v) is 3.27. The minimum atomic E-state index is -0.976. The van der Waals surface area contributed by atoms with Gasteiger partial charge in [-0.1, -0.05) is 11.6 Å². The van der Waals surface area contributed by atoms with E-state index in [1.54, 1.807) is 0 Å². The normalized spacial score (nSPS) is 19.6. The van der Waals surface area contributed by atoms with Crippen molar-refractivity contribution in [3.05, 3.63) is 34.4 Å². The first kappa shape index (κ1) is 11.8. The van der Waals surface area contributed by atoms with Gasteiger partial charge >= 0.3 is 0 Å². The van der Waals surface area contributed by atoms with E-state index in [9.17, 15) is 13.9 Å². The molecule has 88 valence electrons. The summed E-state index contributed by atoms with van der Waals surface area (Å²) in [4.78, 5) is 0. The van der Waals surface area contributed by atoms with Gasteiger partial charge in [0, 0.05) is 5.56 Å². The zero-order valence-corrected chi connectivity index (χ0v) is 9.22. The zero-order valence-electron chi connectivity index (χ0n) is 8.46. The molecule has 0 spiro atoms. The van der Waals surface area contributed by atoms with Crippen molar-refractivity contribution in [2.24, 2.45) is 11.7 Å². The van der Waals surface area contributed by atoms with E-state index in [2.05, 4.69) is 0 Å². The summed E-state index contributed by atoms with van der Waals surface area (Å²) < 4.78 is 26.6. The third-order valence-electron chi connectivity index (χ3n) is 2.89. The molecular formula is C11H12ClF2NO. The summed E-state index contributed by atoms with van der Waals surface area (Å²) in [5.74, 6) is -1.33. The number of nitrogens with two attached hydrogens (primary N) is 1. The van der Waals surface area contributed by atoms with Gasteiger partial charge in [-0.05, 0) is 30.9 Å². The van der Waals surface area contributed by atoms with E-state index >= 15 is 0 Å². The first-order chi connectivity index (χ1) is 7.52. The number of aliphatic hydroxyl groups excluding tert-OH is 1. The Bertz CT molecular complexity index is 409. The molecule has 0 aromatic heterocycles. The molecule has 3 N–H and O–H groups in total. The van der Waals surface area contributed by atoms with Gasteiger partial charge in [-0.15, -0.1) is 0 Å². The molecule has 1 aliphatic carbocycles. The fraction of sp³-hybridized carbons (Fsp3) is 0.455. The second kappa shape index (κ2) is 4.28. The van der Waals surface area contributed by atoms with Crippen LogP contribution in [0, 0.1) is 17.6 Å². The van der Waals surface area contributed by atoms with Crippen molar-refractivity contribution in [2.75, 3.05) is 0 Å². The highest BCUT2D eigenvalue weighted by molar-refractivity contribution is 6.31. The van der Waals surface area contributed by atoms with E-state index in [4.69, 9.17) is 17.3 Å². The summed E-state index contributed by atoms with van der Waals surface area (Å²) in [5.41, 5.74) is 5.57. The highest BCUT2D eigenvalue weighted by Crippen LogP contribution is 2.39. The molecule has 2 nitrogen and oxygen atoms in total. The smallest absolute Gasteiger partial charge is 0.142 e. The standard InChI is InChI=1S/C11H12ClF2NO/c12-9-7(14)4-3-6(13)8(9)10(15)11(16)5-1-2-5/h3-5,10-11,16H,1-2,15H2/t10-,11+/m0/s1. The lowest BCUT2D eigenvalue weighted by Gasteiger charge is -2.20. The van der Waals surface area contributed by atoms with Crippen molar-refractivity contribution in [3.8, 4) is 0 Å². The number of hydrogen-bond donors (Lipinski definition) is 2. The average molecular weight is 248 g/mol. The molecule has 16 heavy (non-hydrogen) atoms. The maximum Gasteiger partial charge on any atom is 0.142 e. The molecule has 2 rings (SSSR count). The molecular weight excluding hydrogens is 236 g/mol. The Morgan fingerprint density at radius 2 is 1.88 bits per heavy atom. The van der Waals surface area contributed by atoms with Crippen molar-refractivity contribution in [2.45, 2.75) is 25.0 Å². The van der Waals surface area contributed by atoms with Gasteiger partial charge in [-0.25, -0.2) is 8.78 Å². The van der Waals surface area contributed by atoms with Crippen LogP contribution in [-0.2, 0) is 0 Å². The van der Waals surface area contributed by atoms with E-state index in [1.165, 1.54) is 0 Å². The predicted molar refractivity (Wildman–Crippen MR) is 57.0 cm³/mol. The molecule has 2 atom stereocenters. The number of halogens is 3. The second-order valence-electron chi connectivity index (χ2n) is 4.11. The summed E-state index contributed by atoms with van der Waals surface area (Å²) in [6.45, 7) is 0. The molecule has 0 heterocycles. The molecule has 5 heteroatoms. The summed E-state index contributed by atoms with van der Waals surface area (Å²) in [5, 5.41) is 9.44. The van der Waals surface area contributed by atoms with Crippen molar-refractivity contribution >= 4 is 11.6 Å². The Hall–Kier alpha value is -0.710. The van der Waals surface area contributed by atoms with Crippen LogP contribution in [0.3, 0.4) is 0 Å². The molecule has 1 aliphatic rings. The molecule has 0 aliphatic heterocycles. The molecule has 0 radical (unpaired) electrons. The Balaban J connectivity index is 2.34. The largest absolute Gasteiger partial charge is 0.391 e. The lowest BCUT2D eigenvalue weighted by Crippen LogP contribution is -2.29. The van der Waals surface area contributed by atoms with Crippen LogP contribution < -0.4 is 5.73 Å². The quantitative estimate of drug-likeness (QED) is 0.806. The number of benzene rings is 1. The summed E-state index contributed by atoms with van der Waals surface area (Å²) in [6, 6.07) is 0.934. The van der Waals surface area contributed by atoms with Crippen LogP contribution in [0.15, 0.2) is 12.1 Å². The Morgan fingerprint density at radius 1 is 1.31 bits per heavy atom. The molecule has 0 bridgehead atoms. The Morgan fingerprint density at radius 3 is 2.44 bits per heavy atom. The van der Waals surface area contributed by atoms with Gasteiger partial charge in [-0.3, -0.25) is 0 Å². The van der Waals surface area contributed by atoms with Gasteiger partial charge in [0.25, 0.3) is 0 Å². The zero-order chi connectivity index (χ0) is 11.9. The predicted octanol–water partition coefficient (Wildman–Crippen LogP) is 2.39. The van der Waals surface area contributed by atoms with Crippen molar-refractivity contribution in [1.29, 1.82) is 0 Å². The fourth-order valence-electron chi connectivity index (χ4n) is 1.75. The van der Waals surface area contributed by atoms with Crippen LogP contribution >= 0.6 is 11.6 Å².